The number of para-hydroxylation sites is 4. The Labute approximate surface area is 297 Å². The molecule has 8 bridgehead atoms. The van der Waals surface area contributed by atoms with Gasteiger partial charge in [-0.1, -0.05) is 72.8 Å². The van der Waals surface area contributed by atoms with Crippen LogP contribution in [-0.2, 0) is 0 Å². The summed E-state index contributed by atoms with van der Waals surface area (Å²) in [5.74, 6) is 0.128. The molecule has 4 aromatic carbocycles. The van der Waals surface area contributed by atoms with Crippen molar-refractivity contribution >= 4 is 45.9 Å². The second-order valence-electron chi connectivity index (χ2n) is 12.6. The zero-order valence-electron chi connectivity index (χ0n) is 27.5. The number of fused-ring (bicyclic) bond motifs is 8. The first-order valence-corrected chi connectivity index (χ1v) is 16.7. The van der Waals surface area contributed by atoms with Gasteiger partial charge in [-0.05, 0) is 72.8 Å². The number of aromatic nitrogens is 4. The van der Waals surface area contributed by atoms with E-state index < -0.39 is 0 Å². The van der Waals surface area contributed by atoms with Gasteiger partial charge in [0.15, 0.2) is 0 Å². The molecular weight excluding hydrogens is 649 g/mol. The molecule has 9 rings (SSSR count). The fourth-order valence-electron chi connectivity index (χ4n) is 7.03. The Bertz CT molecular complexity index is 2810. The molecule has 0 unspecified atom stereocenters. The maximum atomic E-state index is 11.6. The van der Waals surface area contributed by atoms with E-state index in [-0.39, 0.29) is 23.0 Å². The molecule has 0 spiro atoms. The molecule has 0 fully saturated rings. The summed E-state index contributed by atoms with van der Waals surface area (Å²) in [6.45, 7) is 0. The van der Waals surface area contributed by atoms with Crippen LogP contribution < -0.4 is 0 Å². The summed E-state index contributed by atoms with van der Waals surface area (Å²) in [6.07, 6.45) is 5.77. The molecule has 7 aromatic rings. The SMILES string of the molecule is Oc1ccccc1C1=Cc2cc3ccc(cc4nc(cc5[nH]c(c(-c6ccccc6O)c1n2)c(-c1ccccc1O)c5-c1ccccc1O)C=C4)[nH]3. The quantitative estimate of drug-likeness (QED) is 0.110. The number of H-pyrrole nitrogens is 2. The van der Waals surface area contributed by atoms with Gasteiger partial charge in [0.05, 0.1) is 28.3 Å². The lowest BCUT2D eigenvalue weighted by molar-refractivity contribution is 0.473. The minimum atomic E-state index is 0.00280. The van der Waals surface area contributed by atoms with E-state index in [2.05, 4.69) is 9.97 Å². The van der Waals surface area contributed by atoms with E-state index in [0.717, 1.165) is 16.7 Å². The van der Waals surface area contributed by atoms with Crippen molar-refractivity contribution in [2.24, 2.45) is 0 Å². The Hall–Kier alpha value is -7.32. The Morgan fingerprint density at radius 1 is 0.423 bits per heavy atom. The highest BCUT2D eigenvalue weighted by Crippen LogP contribution is 2.50. The molecule has 8 heteroatoms. The van der Waals surface area contributed by atoms with Gasteiger partial charge >= 0.3 is 0 Å². The maximum absolute atomic E-state index is 11.6. The van der Waals surface area contributed by atoms with Gasteiger partial charge in [0.2, 0.25) is 0 Å². The third-order valence-electron chi connectivity index (χ3n) is 9.33. The third kappa shape index (κ3) is 5.26. The summed E-state index contributed by atoms with van der Waals surface area (Å²) in [7, 11) is 0. The number of rotatable bonds is 4. The summed E-state index contributed by atoms with van der Waals surface area (Å²) < 4.78 is 0. The van der Waals surface area contributed by atoms with Crippen molar-refractivity contribution in [3.05, 3.63) is 156 Å². The number of aromatic amines is 2. The van der Waals surface area contributed by atoms with Gasteiger partial charge < -0.3 is 30.4 Å². The van der Waals surface area contributed by atoms with Crippen LogP contribution in [0.3, 0.4) is 0 Å². The van der Waals surface area contributed by atoms with Crippen LogP contribution >= 0.6 is 0 Å². The van der Waals surface area contributed by atoms with E-state index in [9.17, 15) is 20.4 Å². The molecule has 0 radical (unpaired) electrons. The van der Waals surface area contributed by atoms with E-state index in [1.165, 1.54) is 0 Å². The molecule has 250 valence electrons. The minimum Gasteiger partial charge on any atom is -0.507 e. The molecule has 0 amide bonds. The number of benzene rings is 4. The maximum Gasteiger partial charge on any atom is 0.123 e. The number of hydrogen-bond donors (Lipinski definition) is 6. The van der Waals surface area contributed by atoms with Gasteiger partial charge in [-0.2, -0.15) is 0 Å². The lowest BCUT2D eigenvalue weighted by Crippen LogP contribution is -1.94. The number of phenols is 4. The minimum absolute atomic E-state index is 0.00280. The van der Waals surface area contributed by atoms with Crippen molar-refractivity contribution in [3.63, 3.8) is 0 Å². The average molecular weight is 679 g/mol. The van der Waals surface area contributed by atoms with Crippen LogP contribution in [0, 0.1) is 0 Å². The summed E-state index contributed by atoms with van der Waals surface area (Å²) in [5.41, 5.74) is 9.61. The first-order valence-electron chi connectivity index (χ1n) is 16.7. The van der Waals surface area contributed by atoms with Gasteiger partial charge in [-0.25, -0.2) is 9.97 Å². The van der Waals surface area contributed by atoms with Crippen LogP contribution in [0.2, 0.25) is 0 Å². The van der Waals surface area contributed by atoms with Crippen LogP contribution in [0.1, 0.15) is 28.3 Å². The smallest absolute Gasteiger partial charge is 0.123 e. The lowest BCUT2D eigenvalue weighted by Gasteiger charge is -2.14. The molecule has 6 N–H and O–H groups in total. The predicted octanol–water partition coefficient (Wildman–Crippen LogP) is 9.90. The normalized spacial score (nSPS) is 12.2. The molecule has 2 aliphatic rings. The van der Waals surface area contributed by atoms with Crippen LogP contribution in [-0.4, -0.2) is 40.4 Å². The van der Waals surface area contributed by atoms with E-state index in [4.69, 9.17) is 9.97 Å². The standard InChI is InChI=1S/C44H30N4O4/c49-36-13-5-1-9-30(36)34-23-29-22-27-18-17-25(45-27)21-26-19-20-28(46-26)24-35-40(31-10-2-6-14-37(31)50)41(32-11-3-7-15-38(32)51)44(48-35)42(43(34)47-29)33-12-4-8-16-39(33)52/h1-24,45,48-52H. The zero-order chi connectivity index (χ0) is 35.3. The highest BCUT2D eigenvalue weighted by atomic mass is 16.3. The fourth-order valence-corrected chi connectivity index (χ4v) is 7.03. The van der Waals surface area contributed by atoms with Gasteiger partial charge in [-0.3, -0.25) is 0 Å². The third-order valence-corrected chi connectivity index (χ3v) is 9.33. The van der Waals surface area contributed by atoms with E-state index >= 15 is 0 Å². The molecule has 8 nitrogen and oxygen atoms in total. The fraction of sp³-hybridized carbons (Fsp3) is 0. The molecule has 0 atom stereocenters. The van der Waals surface area contributed by atoms with Crippen molar-refractivity contribution < 1.29 is 20.4 Å². The zero-order valence-corrected chi connectivity index (χ0v) is 27.5. The largest absolute Gasteiger partial charge is 0.507 e. The molecule has 5 heterocycles. The predicted molar refractivity (Wildman–Crippen MR) is 206 cm³/mol. The molecular formula is C44H30N4O4. The Balaban J connectivity index is 1.58. The number of phenolic OH excluding ortho intramolecular Hbond substituents is 4. The first-order chi connectivity index (χ1) is 25.4. The Morgan fingerprint density at radius 2 is 0.904 bits per heavy atom. The van der Waals surface area contributed by atoms with E-state index in [0.29, 0.717) is 72.6 Å². The number of hydrogen-bond acceptors (Lipinski definition) is 6. The number of nitrogens with one attached hydrogen (secondary N) is 2. The van der Waals surface area contributed by atoms with Crippen LogP contribution in [0.4, 0.5) is 0 Å². The molecule has 52 heavy (non-hydrogen) atoms. The summed E-state index contributed by atoms with van der Waals surface area (Å²) in [4.78, 5) is 17.2. The van der Waals surface area contributed by atoms with Gasteiger partial charge in [0, 0.05) is 61.1 Å². The monoisotopic (exact) mass is 678 g/mol. The van der Waals surface area contributed by atoms with Crippen molar-refractivity contribution in [1.82, 2.24) is 19.9 Å². The molecule has 3 aromatic heterocycles. The van der Waals surface area contributed by atoms with Crippen molar-refractivity contribution in [1.29, 1.82) is 0 Å². The number of nitrogens with zero attached hydrogens (tertiary/aromatic N) is 2. The second-order valence-corrected chi connectivity index (χ2v) is 12.6. The van der Waals surface area contributed by atoms with E-state index in [1.54, 1.807) is 48.5 Å². The van der Waals surface area contributed by atoms with Gasteiger partial charge in [-0.15, -0.1) is 0 Å². The van der Waals surface area contributed by atoms with Gasteiger partial charge in [0.1, 0.15) is 23.0 Å². The molecule has 0 saturated carbocycles. The van der Waals surface area contributed by atoms with Gasteiger partial charge in [0.25, 0.3) is 0 Å². The molecule has 0 aliphatic carbocycles. The lowest BCUT2D eigenvalue weighted by atomic mass is 9.90. The van der Waals surface area contributed by atoms with Crippen molar-refractivity contribution in [2.75, 3.05) is 0 Å². The Morgan fingerprint density at radius 3 is 1.48 bits per heavy atom. The van der Waals surface area contributed by atoms with Crippen molar-refractivity contribution in [3.8, 4) is 56.4 Å². The second kappa shape index (κ2) is 12.2. The number of aromatic hydroxyl groups is 4. The van der Waals surface area contributed by atoms with Crippen LogP contribution in [0.15, 0.2) is 127 Å². The topological polar surface area (TPSA) is 138 Å². The Kier molecular flexibility index (Phi) is 7.22. The average Bonchev–Trinajstić information content (AvgIpc) is 3.95. The molecule has 2 aliphatic heterocycles. The van der Waals surface area contributed by atoms with Crippen LogP contribution in [0.25, 0.3) is 79.2 Å². The van der Waals surface area contributed by atoms with Crippen molar-refractivity contribution in [2.45, 2.75) is 0 Å². The first kappa shape index (κ1) is 30.7. The summed E-state index contributed by atoms with van der Waals surface area (Å²) in [5, 5.41) is 45.7. The summed E-state index contributed by atoms with van der Waals surface area (Å²) >= 11 is 0. The highest BCUT2D eigenvalue weighted by Gasteiger charge is 2.27. The highest BCUT2D eigenvalue weighted by molar-refractivity contribution is 6.12. The van der Waals surface area contributed by atoms with E-state index in [1.807, 2.05) is 97.1 Å². The molecule has 0 saturated heterocycles. The van der Waals surface area contributed by atoms with Crippen LogP contribution in [0.5, 0.6) is 23.0 Å². The summed E-state index contributed by atoms with van der Waals surface area (Å²) in [6, 6.07) is 37.9.